The number of thiazole rings is 1. The summed E-state index contributed by atoms with van der Waals surface area (Å²) in [5.41, 5.74) is 3.40. The van der Waals surface area contributed by atoms with E-state index >= 15 is 8.78 Å². The van der Waals surface area contributed by atoms with E-state index in [9.17, 15) is 29.5 Å². The molecule has 6 N–H and O–H groups in total. The summed E-state index contributed by atoms with van der Waals surface area (Å²) in [5.74, 6) is -3.89. The Bertz CT molecular complexity index is 2630. The Labute approximate surface area is 435 Å². The van der Waals surface area contributed by atoms with Crippen molar-refractivity contribution in [3.8, 4) is 22.3 Å². The molecule has 3 atom stereocenters. The predicted octanol–water partition coefficient (Wildman–Crippen LogP) is 6.74. The minimum Gasteiger partial charge on any atom is -0.489 e. The van der Waals surface area contributed by atoms with Gasteiger partial charge in [-0.05, 0) is 60.6 Å². The summed E-state index contributed by atoms with van der Waals surface area (Å²) in [6, 6.07) is 15.1. The number of aromatic nitrogens is 2. The van der Waals surface area contributed by atoms with Crippen molar-refractivity contribution in [1.29, 1.82) is 5.26 Å². The van der Waals surface area contributed by atoms with Gasteiger partial charge in [-0.25, -0.2) is 18.7 Å². The molecule has 3 aliphatic rings. The number of carbonyl (C=O) groups excluding carboxylic acids is 4. The lowest BCUT2D eigenvalue weighted by atomic mass is 9.49. The van der Waals surface area contributed by atoms with Gasteiger partial charge in [0.2, 0.25) is 17.7 Å². The number of aryl methyl sites for hydroxylation is 1. The van der Waals surface area contributed by atoms with E-state index in [0.717, 1.165) is 16.1 Å². The average molecular weight is 1050 g/mol. The largest absolute Gasteiger partial charge is 0.489 e. The Balaban J connectivity index is 0.00000869. The summed E-state index contributed by atoms with van der Waals surface area (Å²) >= 11 is 7.77. The summed E-state index contributed by atoms with van der Waals surface area (Å²) in [7, 11) is 0. The van der Waals surface area contributed by atoms with Gasteiger partial charge in [-0.3, -0.25) is 24.1 Å². The predicted molar refractivity (Wildman–Crippen MR) is 276 cm³/mol. The first-order valence-electron chi connectivity index (χ1n) is 24.4. The number of halogens is 3. The molecule has 73 heavy (non-hydrogen) atoms. The van der Waals surface area contributed by atoms with Crippen molar-refractivity contribution in [3.05, 3.63) is 93.7 Å². The van der Waals surface area contributed by atoms with Crippen LogP contribution in [0.25, 0.3) is 10.4 Å². The van der Waals surface area contributed by atoms with Crippen LogP contribution in [0.4, 0.5) is 14.6 Å². The first-order chi connectivity index (χ1) is 33.9. The first-order valence-corrected chi connectivity index (χ1v) is 25.7. The zero-order valence-electron chi connectivity index (χ0n) is 42.7. The van der Waals surface area contributed by atoms with E-state index < -0.39 is 77.4 Å². The van der Waals surface area contributed by atoms with Crippen LogP contribution >= 0.6 is 22.9 Å². The molecular weight excluding hydrogens is 980 g/mol. The van der Waals surface area contributed by atoms with Gasteiger partial charge in [0, 0.05) is 74.7 Å². The lowest BCUT2D eigenvalue weighted by Gasteiger charge is -2.63. The number of likely N-dealkylation sites (tertiary alicyclic amines) is 1. The zero-order valence-corrected chi connectivity index (χ0v) is 44.3. The third-order valence-electron chi connectivity index (χ3n) is 14.4. The normalized spacial score (nSPS) is 20.4. The lowest BCUT2D eigenvalue weighted by molar-refractivity contribution is -0.164. The smallest absolute Gasteiger partial charge is 0.261 e. The maximum absolute atomic E-state index is 15.5. The average Bonchev–Trinajstić information content (AvgIpc) is 4.02. The van der Waals surface area contributed by atoms with Crippen molar-refractivity contribution in [2.45, 2.75) is 117 Å². The molecule has 20 heteroatoms. The van der Waals surface area contributed by atoms with Crippen LogP contribution in [0.1, 0.15) is 107 Å². The molecule has 0 spiro atoms. The Morgan fingerprint density at radius 2 is 1.66 bits per heavy atom. The molecule has 1 aliphatic carbocycles. The van der Waals surface area contributed by atoms with Gasteiger partial charge in [0.15, 0.2) is 0 Å². The van der Waals surface area contributed by atoms with Crippen LogP contribution in [0.15, 0.2) is 66.3 Å². The second-order valence-corrected chi connectivity index (χ2v) is 22.8. The Kier molecular flexibility index (Phi) is 17.6. The Morgan fingerprint density at radius 1 is 0.973 bits per heavy atom. The summed E-state index contributed by atoms with van der Waals surface area (Å²) in [6.45, 7) is 16.3. The number of hydrogen-bond donors (Lipinski definition) is 4. The van der Waals surface area contributed by atoms with E-state index in [-0.39, 0.29) is 36.7 Å². The molecule has 2 saturated heterocycles. The maximum atomic E-state index is 15.5. The monoisotopic (exact) mass is 1050 g/mol. The molecule has 0 bridgehead atoms. The molecule has 1 saturated carbocycles. The lowest BCUT2D eigenvalue weighted by Crippen LogP contribution is -2.74. The molecule has 4 aromatic rings. The number of ether oxygens (including phenoxy) is 1. The van der Waals surface area contributed by atoms with E-state index in [1.807, 2.05) is 69.9 Å². The number of benzene rings is 2. The van der Waals surface area contributed by atoms with Crippen molar-refractivity contribution in [1.82, 2.24) is 35.7 Å². The number of hydrogen-bond acceptors (Lipinski definition) is 12. The second kappa shape index (κ2) is 22.8. The fourth-order valence-corrected chi connectivity index (χ4v) is 11.7. The van der Waals surface area contributed by atoms with Crippen LogP contribution in [0.3, 0.4) is 0 Å². The number of pyridine rings is 1. The molecule has 4 heterocycles. The Morgan fingerprint density at radius 3 is 2.23 bits per heavy atom. The third kappa shape index (κ3) is 12.8. The van der Waals surface area contributed by atoms with E-state index in [2.05, 4.69) is 25.9 Å². The number of nitrogens with one attached hydrogen (secondary N) is 3. The summed E-state index contributed by atoms with van der Waals surface area (Å²) in [6.07, 6.45) is 0.984. The van der Waals surface area contributed by atoms with Crippen molar-refractivity contribution in [2.75, 3.05) is 50.8 Å². The molecule has 2 aromatic heterocycles. The van der Waals surface area contributed by atoms with E-state index in [0.29, 0.717) is 72.3 Å². The van der Waals surface area contributed by atoms with E-state index in [1.165, 1.54) is 22.4 Å². The van der Waals surface area contributed by atoms with Crippen LogP contribution in [0.5, 0.6) is 5.75 Å². The first kappa shape index (κ1) is 56.5. The van der Waals surface area contributed by atoms with Gasteiger partial charge >= 0.3 is 0 Å². The van der Waals surface area contributed by atoms with Crippen molar-refractivity contribution >= 4 is 52.4 Å². The van der Waals surface area contributed by atoms with Crippen molar-refractivity contribution < 1.29 is 43.3 Å². The topological polar surface area (TPSA) is 225 Å². The minimum absolute atomic E-state index is 0. The van der Waals surface area contributed by atoms with Crippen LogP contribution in [0, 0.1) is 34.5 Å². The molecule has 394 valence electrons. The van der Waals surface area contributed by atoms with Crippen LogP contribution in [0.2, 0.25) is 5.02 Å². The second-order valence-electron chi connectivity index (χ2n) is 21.5. The number of nitriles is 1. The van der Waals surface area contributed by atoms with Crippen molar-refractivity contribution in [2.24, 2.45) is 16.2 Å². The van der Waals surface area contributed by atoms with Gasteiger partial charge in [-0.1, -0.05) is 84.3 Å². The highest BCUT2D eigenvalue weighted by atomic mass is 35.5. The highest BCUT2D eigenvalue weighted by molar-refractivity contribution is 7.13. The number of piperazine rings is 1. The SMILES string of the molecule is Cc1ncsc1-c1ccc(C(CO)NC(=O)[C@@H]2CCCN2C(=O)[C@@H](NC(=O)CCC(F)(F)CN2CCN(c3ccc(C(=O)NC4C(C)(C)C(Oc5ccc(C#N)c(Cl)c5)C4(C)C)cn3)CC2)C(C)(C)C)cc1.O. The summed E-state index contributed by atoms with van der Waals surface area (Å²) in [5, 5.41) is 28.6. The number of nitrogens with zero attached hydrogens (tertiary/aromatic N) is 6. The molecular formula is C53H68ClF2N9O7S. The quantitative estimate of drug-likeness (QED) is 0.0867. The standard InChI is InChI=1S/C53H66ClF2N9O6S.H2O/c1-32-43(72-31-59-32)34-13-11-33(12-14-34)39(29-66)60-46(69)40-10-9-21-65(40)47(70)44(50(2,3)4)61-42(67)19-20-53(55,56)30-63-22-24-64(25-23-63)41-18-16-36(28-58-41)45(68)62-48-51(5,6)49(52(48,7)8)71-37-17-15-35(27-57)38(54)26-37;/h11-18,26,28,31,39-40,44,48-49,66H,9-10,19-25,29-30H2,1-8H3,(H,60,69)(H,61,67)(H,62,68);1H2/t39?,40-,44+,48?,49?;/m0./s1. The van der Waals surface area contributed by atoms with E-state index in [1.54, 1.807) is 61.5 Å². The van der Waals surface area contributed by atoms with Crippen LogP contribution in [-0.2, 0) is 14.4 Å². The highest BCUT2D eigenvalue weighted by Crippen LogP contribution is 2.55. The van der Waals surface area contributed by atoms with Gasteiger partial charge in [-0.2, -0.15) is 5.26 Å². The number of anilines is 1. The van der Waals surface area contributed by atoms with Gasteiger partial charge in [0.1, 0.15) is 35.8 Å². The number of rotatable bonds is 17. The Hall–Kier alpha value is -5.78. The molecule has 4 amide bonds. The molecule has 2 aromatic carbocycles. The fraction of sp³-hybridized carbons (Fsp3) is 0.528. The number of carbonyl (C=O) groups is 4. The summed E-state index contributed by atoms with van der Waals surface area (Å²) in [4.78, 5) is 69.7. The van der Waals surface area contributed by atoms with Gasteiger partial charge in [0.25, 0.3) is 11.8 Å². The highest BCUT2D eigenvalue weighted by Gasteiger charge is 2.64. The number of aliphatic hydroxyl groups excluding tert-OH is 1. The maximum Gasteiger partial charge on any atom is 0.261 e. The fourth-order valence-electron chi connectivity index (χ4n) is 10.7. The van der Waals surface area contributed by atoms with Crippen LogP contribution < -0.4 is 25.6 Å². The number of aliphatic hydroxyl groups is 1. The molecule has 1 unspecified atom stereocenters. The van der Waals surface area contributed by atoms with Gasteiger partial charge in [0.05, 0.1) is 51.4 Å². The zero-order chi connectivity index (χ0) is 52.3. The van der Waals surface area contributed by atoms with Gasteiger partial charge in [-0.15, -0.1) is 11.3 Å². The molecule has 3 fully saturated rings. The number of alkyl halides is 2. The van der Waals surface area contributed by atoms with Crippen molar-refractivity contribution in [3.63, 3.8) is 0 Å². The number of amides is 4. The minimum atomic E-state index is -3.19. The molecule has 0 radical (unpaired) electrons. The molecule has 16 nitrogen and oxygen atoms in total. The third-order valence-corrected chi connectivity index (χ3v) is 15.7. The van der Waals surface area contributed by atoms with E-state index in [4.69, 9.17) is 16.3 Å². The van der Waals surface area contributed by atoms with Gasteiger partial charge < -0.3 is 41.1 Å². The summed E-state index contributed by atoms with van der Waals surface area (Å²) < 4.78 is 37.4. The molecule has 7 rings (SSSR count). The molecule has 2 aliphatic heterocycles. The van der Waals surface area contributed by atoms with Crippen LogP contribution in [-0.4, -0.2) is 130 Å².